The first kappa shape index (κ1) is 14.5. The molecule has 8 heteroatoms. The third-order valence-electron chi connectivity index (χ3n) is 2.92. The topological polar surface area (TPSA) is 120 Å². The van der Waals surface area contributed by atoms with E-state index in [9.17, 15) is 9.59 Å². The first-order valence-corrected chi connectivity index (χ1v) is 6.24. The zero-order valence-electron chi connectivity index (χ0n) is 11.5. The van der Waals surface area contributed by atoms with Crippen molar-refractivity contribution in [3.05, 3.63) is 41.5 Å². The molecule has 0 saturated heterocycles. The van der Waals surface area contributed by atoms with Crippen molar-refractivity contribution in [2.75, 3.05) is 5.32 Å². The van der Waals surface area contributed by atoms with Gasteiger partial charge in [-0.2, -0.15) is 5.10 Å². The van der Waals surface area contributed by atoms with Gasteiger partial charge < -0.3 is 15.7 Å². The molecular formula is C13H15N5O3. The molecule has 4 N–H and O–H groups in total. The normalized spacial score (nSPS) is 11.7. The molecule has 1 aromatic carbocycles. The summed E-state index contributed by atoms with van der Waals surface area (Å²) >= 11 is 0. The number of amides is 2. The molecule has 0 fully saturated rings. The number of H-pyrrole nitrogens is 1. The van der Waals surface area contributed by atoms with Crippen LogP contribution in [0.15, 0.2) is 24.5 Å². The number of aryl methyl sites for hydroxylation is 1. The molecular weight excluding hydrogens is 274 g/mol. The van der Waals surface area contributed by atoms with Crippen LogP contribution < -0.4 is 10.6 Å². The fourth-order valence-corrected chi connectivity index (χ4v) is 1.74. The summed E-state index contributed by atoms with van der Waals surface area (Å²) in [5, 5.41) is 20.6. The number of carbonyl (C=O) groups is 2. The van der Waals surface area contributed by atoms with Crippen molar-refractivity contribution in [3.8, 4) is 0 Å². The number of nitrogens with zero attached hydrogens (tertiary/aromatic N) is 2. The summed E-state index contributed by atoms with van der Waals surface area (Å²) in [4.78, 5) is 26.8. The number of carboxylic acid groups (broad SMARTS) is 1. The summed E-state index contributed by atoms with van der Waals surface area (Å²) in [5.74, 6) is -0.519. The third-order valence-corrected chi connectivity index (χ3v) is 2.92. The number of benzene rings is 1. The number of hydrogen-bond acceptors (Lipinski definition) is 4. The van der Waals surface area contributed by atoms with Gasteiger partial charge in [-0.1, -0.05) is 6.07 Å². The van der Waals surface area contributed by atoms with Crippen LogP contribution in [0.4, 0.5) is 10.5 Å². The molecule has 0 spiro atoms. The summed E-state index contributed by atoms with van der Waals surface area (Å²) in [5.41, 5.74) is 1.32. The number of nitrogens with one attached hydrogen (secondary N) is 3. The highest BCUT2D eigenvalue weighted by Gasteiger charge is 2.13. The van der Waals surface area contributed by atoms with Crippen LogP contribution in [-0.4, -0.2) is 32.3 Å². The molecule has 2 amide bonds. The van der Waals surface area contributed by atoms with Crippen molar-refractivity contribution in [2.24, 2.45) is 0 Å². The minimum Gasteiger partial charge on any atom is -0.478 e. The zero-order chi connectivity index (χ0) is 15.4. The Morgan fingerprint density at radius 3 is 2.76 bits per heavy atom. The Balaban J connectivity index is 2.05. The van der Waals surface area contributed by atoms with Gasteiger partial charge in [0.15, 0.2) is 0 Å². The second kappa shape index (κ2) is 6.04. The lowest BCUT2D eigenvalue weighted by molar-refractivity contribution is 0.0697. The molecule has 0 aliphatic heterocycles. The van der Waals surface area contributed by atoms with Crippen LogP contribution in [0, 0.1) is 6.92 Å². The first-order chi connectivity index (χ1) is 9.97. The Kier molecular flexibility index (Phi) is 4.17. The van der Waals surface area contributed by atoms with Crippen molar-refractivity contribution >= 4 is 17.7 Å². The molecule has 0 aliphatic carbocycles. The van der Waals surface area contributed by atoms with E-state index in [2.05, 4.69) is 25.8 Å². The van der Waals surface area contributed by atoms with Gasteiger partial charge in [0, 0.05) is 5.69 Å². The smallest absolute Gasteiger partial charge is 0.335 e. The van der Waals surface area contributed by atoms with E-state index in [1.54, 1.807) is 19.9 Å². The van der Waals surface area contributed by atoms with Crippen LogP contribution in [0.2, 0.25) is 0 Å². The van der Waals surface area contributed by atoms with Crippen molar-refractivity contribution in [1.29, 1.82) is 0 Å². The average Bonchev–Trinajstić information content (AvgIpc) is 2.95. The molecule has 0 bridgehead atoms. The van der Waals surface area contributed by atoms with E-state index in [0.717, 1.165) is 5.56 Å². The van der Waals surface area contributed by atoms with Crippen LogP contribution in [0.3, 0.4) is 0 Å². The average molecular weight is 289 g/mol. The molecule has 0 saturated carbocycles. The van der Waals surface area contributed by atoms with Gasteiger partial charge in [-0.05, 0) is 31.5 Å². The SMILES string of the molecule is Cc1ccc(C(=O)O)cc1NC(=O)NC(C)c1ncn[nH]1. The number of aromatic carboxylic acids is 1. The molecule has 21 heavy (non-hydrogen) atoms. The van der Waals surface area contributed by atoms with Gasteiger partial charge in [0.2, 0.25) is 0 Å². The maximum absolute atomic E-state index is 11.9. The van der Waals surface area contributed by atoms with Crippen molar-refractivity contribution in [1.82, 2.24) is 20.5 Å². The summed E-state index contributed by atoms with van der Waals surface area (Å²) in [6.45, 7) is 3.53. The molecule has 0 radical (unpaired) electrons. The monoisotopic (exact) mass is 289 g/mol. The maximum atomic E-state index is 11.9. The minimum absolute atomic E-state index is 0.110. The van der Waals surface area contributed by atoms with Crippen molar-refractivity contribution in [3.63, 3.8) is 0 Å². The van der Waals surface area contributed by atoms with Gasteiger partial charge in [0.05, 0.1) is 11.6 Å². The lowest BCUT2D eigenvalue weighted by Gasteiger charge is -2.14. The molecule has 1 atom stereocenters. The third kappa shape index (κ3) is 3.56. The molecule has 110 valence electrons. The van der Waals surface area contributed by atoms with E-state index in [0.29, 0.717) is 11.5 Å². The number of aromatic amines is 1. The van der Waals surface area contributed by atoms with Gasteiger partial charge in [0.25, 0.3) is 0 Å². The highest BCUT2D eigenvalue weighted by Crippen LogP contribution is 2.17. The Morgan fingerprint density at radius 1 is 1.38 bits per heavy atom. The molecule has 1 heterocycles. The van der Waals surface area contributed by atoms with Crippen LogP contribution in [-0.2, 0) is 0 Å². The molecule has 0 aliphatic rings. The van der Waals surface area contributed by atoms with E-state index < -0.39 is 12.0 Å². The second-order valence-corrected chi connectivity index (χ2v) is 4.53. The predicted octanol–water partition coefficient (Wildman–Crippen LogP) is 1.69. The number of urea groups is 1. The molecule has 8 nitrogen and oxygen atoms in total. The summed E-state index contributed by atoms with van der Waals surface area (Å²) < 4.78 is 0. The number of aromatic nitrogens is 3. The highest BCUT2D eigenvalue weighted by atomic mass is 16.4. The fourth-order valence-electron chi connectivity index (χ4n) is 1.74. The number of anilines is 1. The number of carbonyl (C=O) groups excluding carboxylic acids is 1. The molecule has 1 aromatic heterocycles. The lowest BCUT2D eigenvalue weighted by atomic mass is 10.1. The van der Waals surface area contributed by atoms with E-state index in [-0.39, 0.29) is 11.6 Å². The number of hydrogen-bond donors (Lipinski definition) is 4. The Labute approximate surface area is 120 Å². The predicted molar refractivity (Wildman–Crippen MR) is 75.1 cm³/mol. The number of rotatable bonds is 4. The zero-order valence-corrected chi connectivity index (χ0v) is 11.5. The van der Waals surface area contributed by atoms with Crippen molar-refractivity contribution < 1.29 is 14.7 Å². The van der Waals surface area contributed by atoms with E-state index in [4.69, 9.17) is 5.11 Å². The maximum Gasteiger partial charge on any atom is 0.335 e. The summed E-state index contributed by atoms with van der Waals surface area (Å²) in [6.07, 6.45) is 1.35. The largest absolute Gasteiger partial charge is 0.478 e. The van der Waals surface area contributed by atoms with Crippen LogP contribution in [0.5, 0.6) is 0 Å². The Bertz CT molecular complexity index is 654. The van der Waals surface area contributed by atoms with Gasteiger partial charge in [-0.15, -0.1) is 0 Å². The quantitative estimate of drug-likeness (QED) is 0.682. The minimum atomic E-state index is -1.05. The van der Waals surface area contributed by atoms with Gasteiger partial charge in [0.1, 0.15) is 12.2 Å². The van der Waals surface area contributed by atoms with Gasteiger partial charge in [-0.25, -0.2) is 14.6 Å². The molecule has 2 rings (SSSR count). The van der Waals surface area contributed by atoms with Crippen molar-refractivity contribution in [2.45, 2.75) is 19.9 Å². The van der Waals surface area contributed by atoms with Gasteiger partial charge >= 0.3 is 12.0 Å². The summed E-state index contributed by atoms with van der Waals surface area (Å²) in [6, 6.07) is 3.73. The highest BCUT2D eigenvalue weighted by molar-refractivity contribution is 5.94. The fraction of sp³-hybridized carbons (Fsp3) is 0.231. The Morgan fingerprint density at radius 2 is 2.14 bits per heavy atom. The van der Waals surface area contributed by atoms with Crippen LogP contribution >= 0.6 is 0 Å². The van der Waals surface area contributed by atoms with E-state index in [1.165, 1.54) is 18.5 Å². The van der Waals surface area contributed by atoms with Crippen LogP contribution in [0.1, 0.15) is 34.7 Å². The van der Waals surface area contributed by atoms with E-state index >= 15 is 0 Å². The summed E-state index contributed by atoms with van der Waals surface area (Å²) in [7, 11) is 0. The van der Waals surface area contributed by atoms with Crippen LogP contribution in [0.25, 0.3) is 0 Å². The molecule has 2 aromatic rings. The Hall–Kier alpha value is -2.90. The van der Waals surface area contributed by atoms with E-state index in [1.807, 2.05) is 0 Å². The number of carboxylic acids is 1. The second-order valence-electron chi connectivity index (χ2n) is 4.53. The molecule has 1 unspecified atom stereocenters. The standard InChI is InChI=1S/C13H15N5O3/c1-7-3-4-9(12(19)20)5-10(7)17-13(21)16-8(2)11-14-6-15-18-11/h3-6,8H,1-2H3,(H,19,20)(H,14,15,18)(H2,16,17,21). The first-order valence-electron chi connectivity index (χ1n) is 6.24. The lowest BCUT2D eigenvalue weighted by Crippen LogP contribution is -2.32. The van der Waals surface area contributed by atoms with Gasteiger partial charge in [-0.3, -0.25) is 5.10 Å².